The number of aromatic nitrogens is 2. The molecule has 0 spiro atoms. The van der Waals surface area contributed by atoms with Crippen molar-refractivity contribution in [3.8, 4) is 0 Å². The summed E-state index contributed by atoms with van der Waals surface area (Å²) in [4.78, 5) is 28.4. The largest absolute Gasteiger partial charge is 0.347 e. The standard InChI is InChI=1S/C14H17N3O2/c1-4-14(2,3)16-12(18)10-9-15-11-7-5-6-8-17(11)13(10)19/h5-9H,4H2,1-3H3,(H,16,18). The highest BCUT2D eigenvalue weighted by molar-refractivity contribution is 5.94. The zero-order valence-corrected chi connectivity index (χ0v) is 11.3. The third-order valence-corrected chi connectivity index (χ3v) is 3.19. The van der Waals surface area contributed by atoms with Gasteiger partial charge in [0.25, 0.3) is 11.5 Å². The van der Waals surface area contributed by atoms with E-state index in [0.717, 1.165) is 6.42 Å². The van der Waals surface area contributed by atoms with Gasteiger partial charge in [-0.2, -0.15) is 0 Å². The lowest BCUT2D eigenvalue weighted by Gasteiger charge is -2.24. The molecule has 0 aromatic carbocycles. The van der Waals surface area contributed by atoms with Crippen LogP contribution < -0.4 is 10.9 Å². The number of nitrogens with one attached hydrogen (secondary N) is 1. The first-order valence-electron chi connectivity index (χ1n) is 6.23. The maximum absolute atomic E-state index is 12.2. The fraction of sp³-hybridized carbons (Fsp3) is 0.357. The highest BCUT2D eigenvalue weighted by Gasteiger charge is 2.21. The molecule has 0 bridgehead atoms. The number of rotatable bonds is 3. The summed E-state index contributed by atoms with van der Waals surface area (Å²) in [6.07, 6.45) is 3.71. The van der Waals surface area contributed by atoms with Crippen molar-refractivity contribution < 1.29 is 4.79 Å². The van der Waals surface area contributed by atoms with E-state index < -0.39 is 0 Å². The van der Waals surface area contributed by atoms with Gasteiger partial charge in [0.05, 0.1) is 0 Å². The quantitative estimate of drug-likeness (QED) is 0.910. The zero-order valence-electron chi connectivity index (χ0n) is 11.3. The lowest BCUT2D eigenvalue weighted by molar-refractivity contribution is 0.0909. The topological polar surface area (TPSA) is 63.5 Å². The van der Waals surface area contributed by atoms with Gasteiger partial charge in [-0.05, 0) is 32.4 Å². The minimum atomic E-state index is -0.386. The number of amides is 1. The number of hydrogen-bond acceptors (Lipinski definition) is 3. The SMILES string of the molecule is CCC(C)(C)NC(=O)c1cnc2ccccn2c1=O. The molecule has 5 heteroatoms. The Labute approximate surface area is 111 Å². The van der Waals surface area contributed by atoms with E-state index >= 15 is 0 Å². The predicted molar refractivity (Wildman–Crippen MR) is 73.3 cm³/mol. The molecule has 5 nitrogen and oxygen atoms in total. The van der Waals surface area contributed by atoms with Crippen molar-refractivity contribution in [1.82, 2.24) is 14.7 Å². The van der Waals surface area contributed by atoms with Crippen LogP contribution in [0.1, 0.15) is 37.6 Å². The fourth-order valence-electron chi connectivity index (χ4n) is 1.65. The van der Waals surface area contributed by atoms with Crippen molar-refractivity contribution in [1.29, 1.82) is 0 Å². The molecule has 0 fully saturated rings. The Balaban J connectivity index is 2.44. The minimum Gasteiger partial charge on any atom is -0.347 e. The van der Waals surface area contributed by atoms with Crippen LogP contribution in [0.3, 0.4) is 0 Å². The first kappa shape index (κ1) is 13.3. The van der Waals surface area contributed by atoms with E-state index in [0.29, 0.717) is 5.65 Å². The molecule has 0 saturated heterocycles. The minimum absolute atomic E-state index is 0.0604. The van der Waals surface area contributed by atoms with E-state index in [-0.39, 0.29) is 22.6 Å². The predicted octanol–water partition coefficient (Wildman–Crippen LogP) is 1.61. The number of carbonyl (C=O) groups is 1. The third-order valence-electron chi connectivity index (χ3n) is 3.19. The fourth-order valence-corrected chi connectivity index (χ4v) is 1.65. The van der Waals surface area contributed by atoms with Gasteiger partial charge in [-0.25, -0.2) is 4.98 Å². The second-order valence-corrected chi connectivity index (χ2v) is 5.10. The lowest BCUT2D eigenvalue weighted by atomic mass is 10.0. The van der Waals surface area contributed by atoms with Gasteiger partial charge >= 0.3 is 0 Å². The monoisotopic (exact) mass is 259 g/mol. The molecule has 100 valence electrons. The second-order valence-electron chi connectivity index (χ2n) is 5.10. The molecule has 2 aromatic rings. The van der Waals surface area contributed by atoms with Crippen LogP contribution in [0.2, 0.25) is 0 Å². The van der Waals surface area contributed by atoms with Gasteiger partial charge in [0.2, 0.25) is 0 Å². The number of pyridine rings is 1. The first-order valence-corrected chi connectivity index (χ1v) is 6.23. The van der Waals surface area contributed by atoms with E-state index in [1.54, 1.807) is 24.4 Å². The Bertz CT molecular complexity index is 674. The lowest BCUT2D eigenvalue weighted by Crippen LogP contribution is -2.44. The summed E-state index contributed by atoms with van der Waals surface area (Å²) in [5, 5.41) is 2.84. The van der Waals surface area contributed by atoms with Gasteiger partial charge in [-0.15, -0.1) is 0 Å². The molecular formula is C14H17N3O2. The molecule has 0 unspecified atom stereocenters. The van der Waals surface area contributed by atoms with Gasteiger partial charge in [0.1, 0.15) is 11.2 Å². The van der Waals surface area contributed by atoms with E-state index in [1.807, 2.05) is 20.8 Å². The van der Waals surface area contributed by atoms with Crippen molar-refractivity contribution in [3.63, 3.8) is 0 Å². The van der Waals surface area contributed by atoms with Crippen LogP contribution in [0.15, 0.2) is 35.4 Å². The summed E-state index contributed by atoms with van der Waals surface area (Å²) in [6.45, 7) is 5.81. The molecule has 1 amide bonds. The van der Waals surface area contributed by atoms with Gasteiger partial charge in [0, 0.05) is 17.9 Å². The molecule has 19 heavy (non-hydrogen) atoms. The van der Waals surface area contributed by atoms with Crippen molar-refractivity contribution in [2.45, 2.75) is 32.7 Å². The highest BCUT2D eigenvalue weighted by Crippen LogP contribution is 2.08. The molecule has 0 saturated carbocycles. The van der Waals surface area contributed by atoms with Crippen LogP contribution in [0.4, 0.5) is 0 Å². The van der Waals surface area contributed by atoms with Crippen LogP contribution >= 0.6 is 0 Å². The Morgan fingerprint density at radius 1 is 1.42 bits per heavy atom. The van der Waals surface area contributed by atoms with Crippen LogP contribution in [-0.2, 0) is 0 Å². The average molecular weight is 259 g/mol. The molecule has 0 aliphatic carbocycles. The summed E-state index contributed by atoms with van der Waals surface area (Å²) in [6, 6.07) is 5.24. The van der Waals surface area contributed by atoms with E-state index in [9.17, 15) is 9.59 Å². The van der Waals surface area contributed by atoms with Gasteiger partial charge in [-0.1, -0.05) is 13.0 Å². The molecule has 0 atom stereocenters. The van der Waals surface area contributed by atoms with Crippen molar-refractivity contribution in [3.05, 3.63) is 46.5 Å². The zero-order chi connectivity index (χ0) is 14.0. The van der Waals surface area contributed by atoms with Crippen LogP contribution in [-0.4, -0.2) is 20.8 Å². The molecule has 2 heterocycles. The molecule has 2 rings (SSSR count). The van der Waals surface area contributed by atoms with Crippen molar-refractivity contribution >= 4 is 11.6 Å². The van der Waals surface area contributed by atoms with Gasteiger partial charge < -0.3 is 5.32 Å². The maximum Gasteiger partial charge on any atom is 0.270 e. The summed E-state index contributed by atoms with van der Waals surface area (Å²) >= 11 is 0. The van der Waals surface area contributed by atoms with E-state index in [2.05, 4.69) is 10.3 Å². The van der Waals surface area contributed by atoms with Crippen molar-refractivity contribution in [2.24, 2.45) is 0 Å². The Morgan fingerprint density at radius 2 is 2.16 bits per heavy atom. The molecule has 1 N–H and O–H groups in total. The summed E-state index contributed by atoms with van der Waals surface area (Å²) in [5.41, 5.74) is -0.112. The molecule has 0 aliphatic heterocycles. The summed E-state index contributed by atoms with van der Waals surface area (Å²) in [5.74, 6) is -0.386. The van der Waals surface area contributed by atoms with Crippen LogP contribution in [0.5, 0.6) is 0 Å². The van der Waals surface area contributed by atoms with Gasteiger partial charge in [-0.3, -0.25) is 14.0 Å². The normalized spacial score (nSPS) is 11.5. The van der Waals surface area contributed by atoms with Crippen molar-refractivity contribution in [2.75, 3.05) is 0 Å². The Hall–Kier alpha value is -2.17. The first-order chi connectivity index (χ1) is 8.94. The van der Waals surface area contributed by atoms with Gasteiger partial charge in [0.15, 0.2) is 0 Å². The van der Waals surface area contributed by atoms with E-state index in [4.69, 9.17) is 0 Å². The van der Waals surface area contributed by atoms with Crippen LogP contribution in [0.25, 0.3) is 5.65 Å². The van der Waals surface area contributed by atoms with E-state index in [1.165, 1.54) is 10.6 Å². The molecule has 0 radical (unpaired) electrons. The van der Waals surface area contributed by atoms with Crippen LogP contribution in [0, 0.1) is 0 Å². The maximum atomic E-state index is 12.2. The molecule has 0 aliphatic rings. The number of nitrogens with zero attached hydrogens (tertiary/aromatic N) is 2. The number of carbonyl (C=O) groups excluding carboxylic acids is 1. The third kappa shape index (κ3) is 2.65. The average Bonchev–Trinajstić information content (AvgIpc) is 2.39. The Morgan fingerprint density at radius 3 is 2.84 bits per heavy atom. The molecular weight excluding hydrogens is 242 g/mol. The summed E-state index contributed by atoms with van der Waals surface area (Å²) < 4.78 is 1.37. The Kier molecular flexibility index (Phi) is 3.38. The number of fused-ring (bicyclic) bond motifs is 1. The summed E-state index contributed by atoms with van der Waals surface area (Å²) in [7, 11) is 0. The highest BCUT2D eigenvalue weighted by atomic mass is 16.2. The molecule has 2 aromatic heterocycles. The number of hydrogen-bond donors (Lipinski definition) is 1. The second kappa shape index (κ2) is 4.84. The smallest absolute Gasteiger partial charge is 0.270 e.